The van der Waals surface area contributed by atoms with Gasteiger partial charge in [-0.25, -0.2) is 9.18 Å². The first-order valence-electron chi connectivity index (χ1n) is 6.79. The lowest BCUT2D eigenvalue weighted by molar-refractivity contribution is -0.384. The molecular formula is C14H17FN2O4. The molecule has 2 unspecified atom stereocenters. The maximum Gasteiger partial charge on any atom is 0.338 e. The van der Waals surface area contributed by atoms with E-state index in [0.29, 0.717) is 12.5 Å². The van der Waals surface area contributed by atoms with E-state index in [1.807, 2.05) is 13.8 Å². The van der Waals surface area contributed by atoms with E-state index >= 15 is 0 Å². The van der Waals surface area contributed by atoms with Crippen molar-refractivity contribution >= 4 is 17.3 Å². The van der Waals surface area contributed by atoms with Crippen molar-refractivity contribution in [2.45, 2.75) is 32.7 Å². The minimum absolute atomic E-state index is 0.0509. The molecule has 0 spiro atoms. The van der Waals surface area contributed by atoms with E-state index in [4.69, 9.17) is 5.11 Å². The average Bonchev–Trinajstić information content (AvgIpc) is 2.40. The number of nitrogens with zero attached hydrogens (tertiary/aromatic N) is 2. The molecule has 1 aromatic carbocycles. The van der Waals surface area contributed by atoms with Crippen LogP contribution in [0.4, 0.5) is 15.8 Å². The Kier molecular flexibility index (Phi) is 4.11. The largest absolute Gasteiger partial charge is 0.478 e. The van der Waals surface area contributed by atoms with Crippen LogP contribution in [0.1, 0.15) is 37.0 Å². The molecule has 0 aliphatic carbocycles. The fraction of sp³-hybridized carbons (Fsp3) is 0.500. The fourth-order valence-corrected chi connectivity index (χ4v) is 2.72. The molecule has 1 N–H and O–H groups in total. The van der Waals surface area contributed by atoms with Gasteiger partial charge in [-0.1, -0.05) is 6.92 Å². The van der Waals surface area contributed by atoms with Gasteiger partial charge in [0.25, 0.3) is 5.69 Å². The third-order valence-corrected chi connectivity index (χ3v) is 3.92. The summed E-state index contributed by atoms with van der Waals surface area (Å²) in [4.78, 5) is 23.3. The van der Waals surface area contributed by atoms with E-state index in [-0.39, 0.29) is 17.4 Å². The number of carboxylic acids is 1. The van der Waals surface area contributed by atoms with Gasteiger partial charge in [-0.05, 0) is 25.7 Å². The number of hydrogen-bond donors (Lipinski definition) is 1. The van der Waals surface area contributed by atoms with Gasteiger partial charge in [0.05, 0.1) is 4.92 Å². The summed E-state index contributed by atoms with van der Waals surface area (Å²) < 4.78 is 13.9. The van der Waals surface area contributed by atoms with Gasteiger partial charge < -0.3 is 10.0 Å². The molecule has 1 heterocycles. The second-order valence-corrected chi connectivity index (χ2v) is 5.57. The smallest absolute Gasteiger partial charge is 0.338 e. The van der Waals surface area contributed by atoms with Gasteiger partial charge in [0.2, 0.25) is 0 Å². The van der Waals surface area contributed by atoms with Crippen molar-refractivity contribution in [3.8, 4) is 0 Å². The number of benzene rings is 1. The van der Waals surface area contributed by atoms with E-state index in [0.717, 1.165) is 25.0 Å². The number of piperidine rings is 1. The lowest BCUT2D eigenvalue weighted by Crippen LogP contribution is -2.41. The summed E-state index contributed by atoms with van der Waals surface area (Å²) >= 11 is 0. The summed E-state index contributed by atoms with van der Waals surface area (Å²) in [5.74, 6) is -2.11. The zero-order valence-electron chi connectivity index (χ0n) is 11.9. The van der Waals surface area contributed by atoms with E-state index in [1.54, 1.807) is 4.90 Å². The molecule has 0 radical (unpaired) electrons. The Hall–Kier alpha value is -2.18. The minimum atomic E-state index is -1.51. The SMILES string of the molecule is CC1CCC(C)N(c2cc(F)c(C(=O)O)cc2[N+](=O)[O-])C1. The topological polar surface area (TPSA) is 83.7 Å². The molecule has 21 heavy (non-hydrogen) atoms. The number of carboxylic acid groups (broad SMARTS) is 1. The second kappa shape index (κ2) is 5.67. The molecule has 0 saturated carbocycles. The summed E-state index contributed by atoms with van der Waals surface area (Å²) in [5.41, 5.74) is -0.889. The third-order valence-electron chi connectivity index (χ3n) is 3.92. The highest BCUT2D eigenvalue weighted by atomic mass is 19.1. The Bertz CT molecular complexity index is 591. The number of halogens is 1. The van der Waals surface area contributed by atoms with Crippen LogP contribution in [0, 0.1) is 21.8 Å². The molecule has 0 bridgehead atoms. The number of aromatic carboxylic acids is 1. The van der Waals surface area contributed by atoms with Crippen LogP contribution in [0.15, 0.2) is 12.1 Å². The number of nitro benzene ring substituents is 1. The number of carbonyl (C=O) groups is 1. The highest BCUT2D eigenvalue weighted by Gasteiger charge is 2.30. The van der Waals surface area contributed by atoms with Gasteiger partial charge in [-0.15, -0.1) is 0 Å². The van der Waals surface area contributed by atoms with Gasteiger partial charge in [0.1, 0.15) is 17.1 Å². The van der Waals surface area contributed by atoms with Crippen molar-refractivity contribution in [3.63, 3.8) is 0 Å². The standard InChI is InChI=1S/C14H17FN2O4/c1-8-3-4-9(2)16(7-8)12-6-11(15)10(14(18)19)5-13(12)17(20)21/h5-6,8-9H,3-4,7H2,1-2H3,(H,18,19). The predicted molar refractivity (Wildman–Crippen MR) is 75.2 cm³/mol. The maximum absolute atomic E-state index is 13.9. The van der Waals surface area contributed by atoms with Crippen molar-refractivity contribution in [2.75, 3.05) is 11.4 Å². The Labute approximate surface area is 121 Å². The van der Waals surface area contributed by atoms with Crippen LogP contribution >= 0.6 is 0 Å². The minimum Gasteiger partial charge on any atom is -0.478 e. The number of hydrogen-bond acceptors (Lipinski definition) is 4. The van der Waals surface area contributed by atoms with Crippen LogP contribution in [0.3, 0.4) is 0 Å². The number of anilines is 1. The van der Waals surface area contributed by atoms with Crippen LogP contribution < -0.4 is 4.90 Å². The molecule has 0 amide bonds. The number of rotatable bonds is 3. The first-order chi connectivity index (χ1) is 9.81. The molecule has 1 aromatic rings. The molecule has 2 atom stereocenters. The lowest BCUT2D eigenvalue weighted by Gasteiger charge is -2.38. The van der Waals surface area contributed by atoms with Crippen LogP contribution in [0.25, 0.3) is 0 Å². The van der Waals surface area contributed by atoms with Gasteiger partial charge >= 0.3 is 5.97 Å². The molecular weight excluding hydrogens is 279 g/mol. The first-order valence-corrected chi connectivity index (χ1v) is 6.79. The van der Waals surface area contributed by atoms with Crippen molar-refractivity contribution in [1.82, 2.24) is 0 Å². The van der Waals surface area contributed by atoms with Gasteiger partial charge in [-0.2, -0.15) is 0 Å². The summed E-state index contributed by atoms with van der Waals surface area (Å²) in [7, 11) is 0. The van der Waals surface area contributed by atoms with Crippen molar-refractivity contribution in [1.29, 1.82) is 0 Å². The molecule has 1 fully saturated rings. The molecule has 0 aromatic heterocycles. The van der Waals surface area contributed by atoms with Crippen LogP contribution in [-0.4, -0.2) is 28.6 Å². The molecule has 7 heteroatoms. The maximum atomic E-state index is 13.9. The second-order valence-electron chi connectivity index (χ2n) is 5.57. The molecule has 2 rings (SSSR count). The summed E-state index contributed by atoms with van der Waals surface area (Å²) in [5, 5.41) is 20.1. The van der Waals surface area contributed by atoms with Crippen LogP contribution in [0.5, 0.6) is 0 Å². The average molecular weight is 296 g/mol. The third kappa shape index (κ3) is 2.96. The molecule has 114 valence electrons. The summed E-state index contributed by atoms with van der Waals surface area (Å²) in [6.07, 6.45) is 1.88. The number of nitro groups is 1. The van der Waals surface area contributed by atoms with Crippen molar-refractivity contribution < 1.29 is 19.2 Å². The highest BCUT2D eigenvalue weighted by Crippen LogP contribution is 2.36. The van der Waals surface area contributed by atoms with Crippen molar-refractivity contribution in [3.05, 3.63) is 33.6 Å². The Morgan fingerprint density at radius 2 is 2.10 bits per heavy atom. The molecule has 1 aliphatic heterocycles. The van der Waals surface area contributed by atoms with E-state index in [2.05, 4.69) is 0 Å². The Balaban J connectivity index is 2.54. The Morgan fingerprint density at radius 3 is 2.67 bits per heavy atom. The van der Waals surface area contributed by atoms with Crippen LogP contribution in [-0.2, 0) is 0 Å². The van der Waals surface area contributed by atoms with E-state index in [1.165, 1.54) is 0 Å². The molecule has 6 nitrogen and oxygen atoms in total. The quantitative estimate of drug-likeness (QED) is 0.684. The highest BCUT2D eigenvalue weighted by molar-refractivity contribution is 5.90. The van der Waals surface area contributed by atoms with Gasteiger partial charge in [0.15, 0.2) is 0 Å². The van der Waals surface area contributed by atoms with Gasteiger partial charge in [0, 0.05) is 24.7 Å². The normalized spacial score (nSPS) is 22.1. The van der Waals surface area contributed by atoms with Crippen LogP contribution in [0.2, 0.25) is 0 Å². The van der Waals surface area contributed by atoms with Gasteiger partial charge in [-0.3, -0.25) is 10.1 Å². The predicted octanol–water partition coefficient (Wildman–Crippen LogP) is 3.06. The first kappa shape index (κ1) is 15.2. The molecule has 1 aliphatic rings. The van der Waals surface area contributed by atoms with E-state index in [9.17, 15) is 19.3 Å². The van der Waals surface area contributed by atoms with Crippen molar-refractivity contribution in [2.24, 2.45) is 5.92 Å². The molecule has 1 saturated heterocycles. The Morgan fingerprint density at radius 1 is 1.43 bits per heavy atom. The fourth-order valence-electron chi connectivity index (χ4n) is 2.72. The zero-order valence-corrected chi connectivity index (χ0v) is 11.9. The monoisotopic (exact) mass is 296 g/mol. The summed E-state index contributed by atoms with van der Waals surface area (Å²) in [6.45, 7) is 4.55. The van der Waals surface area contributed by atoms with E-state index < -0.39 is 22.3 Å². The lowest BCUT2D eigenvalue weighted by atomic mass is 9.94. The summed E-state index contributed by atoms with van der Waals surface area (Å²) in [6, 6.07) is 1.82. The zero-order chi connectivity index (χ0) is 15.7.